The molecule has 0 aromatic rings. The van der Waals surface area contributed by atoms with Crippen molar-refractivity contribution in [1.82, 2.24) is 0 Å². The van der Waals surface area contributed by atoms with Crippen molar-refractivity contribution in [1.29, 1.82) is 0 Å². The minimum Gasteiger partial charge on any atom is -0.370 e. The molecule has 0 bridgehead atoms. The molecule has 1 heterocycles. The summed E-state index contributed by atoms with van der Waals surface area (Å²) in [6.45, 7) is 2.95. The Morgan fingerprint density at radius 3 is 2.58 bits per heavy atom. The molecule has 2 unspecified atom stereocenters. The molecular formula is C10H19NO. The van der Waals surface area contributed by atoms with Crippen molar-refractivity contribution in [2.75, 3.05) is 6.54 Å². The number of rotatable bonds is 3. The van der Waals surface area contributed by atoms with Crippen LogP contribution in [0.5, 0.6) is 0 Å². The maximum Gasteiger partial charge on any atom is 0.0713 e. The van der Waals surface area contributed by atoms with E-state index in [9.17, 15) is 0 Å². The van der Waals surface area contributed by atoms with E-state index in [1.165, 1.54) is 32.1 Å². The summed E-state index contributed by atoms with van der Waals surface area (Å²) in [7, 11) is 0. The van der Waals surface area contributed by atoms with Gasteiger partial charge in [-0.05, 0) is 38.0 Å². The Morgan fingerprint density at radius 1 is 1.42 bits per heavy atom. The molecular weight excluding hydrogens is 150 g/mol. The second kappa shape index (κ2) is 3.00. The number of hydrogen-bond donors (Lipinski definition) is 1. The van der Waals surface area contributed by atoms with Crippen LogP contribution < -0.4 is 5.73 Å². The van der Waals surface area contributed by atoms with Gasteiger partial charge in [-0.1, -0.05) is 6.92 Å². The van der Waals surface area contributed by atoms with Crippen LogP contribution in [0.3, 0.4) is 0 Å². The molecule has 2 aliphatic rings. The largest absolute Gasteiger partial charge is 0.370 e. The minimum atomic E-state index is 0.240. The Hall–Kier alpha value is -0.0800. The summed E-state index contributed by atoms with van der Waals surface area (Å²) in [4.78, 5) is 0. The molecule has 0 amide bonds. The highest BCUT2D eigenvalue weighted by atomic mass is 16.5. The first-order valence-electron chi connectivity index (χ1n) is 5.18. The van der Waals surface area contributed by atoms with Crippen molar-refractivity contribution in [2.24, 2.45) is 11.7 Å². The molecule has 12 heavy (non-hydrogen) atoms. The molecule has 2 fully saturated rings. The predicted molar refractivity (Wildman–Crippen MR) is 48.9 cm³/mol. The van der Waals surface area contributed by atoms with Crippen LogP contribution >= 0.6 is 0 Å². The number of ether oxygens (including phenoxy) is 1. The fourth-order valence-corrected chi connectivity index (χ4v) is 2.48. The number of hydrogen-bond acceptors (Lipinski definition) is 2. The van der Waals surface area contributed by atoms with Crippen molar-refractivity contribution in [3.8, 4) is 0 Å². The Kier molecular flexibility index (Phi) is 2.13. The van der Waals surface area contributed by atoms with Gasteiger partial charge in [0, 0.05) is 6.54 Å². The van der Waals surface area contributed by atoms with Crippen molar-refractivity contribution < 1.29 is 4.74 Å². The summed E-state index contributed by atoms with van der Waals surface area (Å²) in [5.74, 6) is 0.860. The van der Waals surface area contributed by atoms with E-state index in [-0.39, 0.29) is 5.60 Å². The number of nitrogens with two attached hydrogens (primary N) is 1. The third-order valence-electron chi connectivity index (χ3n) is 3.47. The Balaban J connectivity index is 2.00. The molecule has 0 aromatic heterocycles. The highest BCUT2D eigenvalue weighted by Gasteiger charge is 2.49. The molecule has 1 saturated carbocycles. The predicted octanol–water partition coefficient (Wildman–Crippen LogP) is 1.68. The first kappa shape index (κ1) is 8.52. The molecule has 0 aromatic carbocycles. The van der Waals surface area contributed by atoms with Crippen LogP contribution in [0, 0.1) is 5.92 Å². The third kappa shape index (κ3) is 1.27. The topological polar surface area (TPSA) is 35.2 Å². The zero-order valence-corrected chi connectivity index (χ0v) is 7.88. The van der Waals surface area contributed by atoms with Crippen LogP contribution in [0.25, 0.3) is 0 Å². The molecule has 2 rings (SSSR count). The van der Waals surface area contributed by atoms with Gasteiger partial charge in [-0.15, -0.1) is 0 Å². The van der Waals surface area contributed by atoms with E-state index < -0.39 is 0 Å². The van der Waals surface area contributed by atoms with Crippen LogP contribution in [0.2, 0.25) is 0 Å². The van der Waals surface area contributed by atoms with Gasteiger partial charge < -0.3 is 10.5 Å². The molecule has 1 aliphatic heterocycles. The average Bonchev–Trinajstić information content (AvgIpc) is 2.87. The molecule has 2 nitrogen and oxygen atoms in total. The standard InChI is InChI=1S/C10H19NO/c1-2-10(8-3-4-8)6-5-9(7-11)12-10/h8-9H,2-7,11H2,1H3. The molecule has 1 saturated heterocycles. The lowest BCUT2D eigenvalue weighted by Gasteiger charge is -2.28. The highest BCUT2D eigenvalue weighted by Crippen LogP contribution is 2.50. The van der Waals surface area contributed by atoms with Gasteiger partial charge in [-0.2, -0.15) is 0 Å². The van der Waals surface area contributed by atoms with Crippen LogP contribution in [0.1, 0.15) is 39.0 Å². The molecule has 0 radical (unpaired) electrons. The lowest BCUT2D eigenvalue weighted by Crippen LogP contribution is -2.32. The van der Waals surface area contributed by atoms with E-state index >= 15 is 0 Å². The van der Waals surface area contributed by atoms with Crippen molar-refractivity contribution in [3.05, 3.63) is 0 Å². The van der Waals surface area contributed by atoms with Gasteiger partial charge in [0.05, 0.1) is 11.7 Å². The van der Waals surface area contributed by atoms with Gasteiger partial charge in [0.15, 0.2) is 0 Å². The lowest BCUT2D eigenvalue weighted by molar-refractivity contribution is -0.0553. The Labute approximate surface area is 74.5 Å². The quantitative estimate of drug-likeness (QED) is 0.697. The fourth-order valence-electron chi connectivity index (χ4n) is 2.48. The van der Waals surface area contributed by atoms with Gasteiger partial charge in [0.25, 0.3) is 0 Å². The van der Waals surface area contributed by atoms with E-state index in [1.807, 2.05) is 0 Å². The smallest absolute Gasteiger partial charge is 0.0713 e. The van der Waals surface area contributed by atoms with Gasteiger partial charge in [-0.3, -0.25) is 0 Å². The first-order chi connectivity index (χ1) is 5.80. The van der Waals surface area contributed by atoms with E-state index in [0.717, 1.165) is 5.92 Å². The minimum absolute atomic E-state index is 0.240. The Morgan fingerprint density at radius 2 is 2.17 bits per heavy atom. The van der Waals surface area contributed by atoms with Crippen molar-refractivity contribution in [2.45, 2.75) is 50.7 Å². The second-order valence-corrected chi connectivity index (χ2v) is 4.21. The van der Waals surface area contributed by atoms with E-state index in [1.54, 1.807) is 0 Å². The zero-order chi connectivity index (χ0) is 8.60. The molecule has 1 aliphatic carbocycles. The van der Waals surface area contributed by atoms with Crippen LogP contribution in [0.15, 0.2) is 0 Å². The monoisotopic (exact) mass is 169 g/mol. The maximum absolute atomic E-state index is 6.05. The summed E-state index contributed by atoms with van der Waals surface area (Å²) in [5, 5.41) is 0. The maximum atomic E-state index is 6.05. The van der Waals surface area contributed by atoms with Crippen LogP contribution in [0.4, 0.5) is 0 Å². The molecule has 2 heteroatoms. The Bertz CT molecular complexity index is 167. The van der Waals surface area contributed by atoms with Gasteiger partial charge in [0.1, 0.15) is 0 Å². The summed E-state index contributed by atoms with van der Waals surface area (Å²) < 4.78 is 6.05. The van der Waals surface area contributed by atoms with Crippen LogP contribution in [-0.4, -0.2) is 18.2 Å². The molecule has 70 valence electrons. The zero-order valence-electron chi connectivity index (χ0n) is 7.88. The van der Waals surface area contributed by atoms with E-state index in [4.69, 9.17) is 10.5 Å². The first-order valence-corrected chi connectivity index (χ1v) is 5.18. The van der Waals surface area contributed by atoms with Crippen molar-refractivity contribution in [3.63, 3.8) is 0 Å². The highest BCUT2D eigenvalue weighted by molar-refractivity contribution is 4.99. The van der Waals surface area contributed by atoms with Gasteiger partial charge in [-0.25, -0.2) is 0 Å². The van der Waals surface area contributed by atoms with E-state index in [0.29, 0.717) is 12.6 Å². The summed E-state index contributed by atoms with van der Waals surface area (Å²) in [5.41, 5.74) is 5.85. The normalized spacial score (nSPS) is 42.0. The van der Waals surface area contributed by atoms with E-state index in [2.05, 4.69) is 6.92 Å². The second-order valence-electron chi connectivity index (χ2n) is 4.21. The van der Waals surface area contributed by atoms with Gasteiger partial charge in [0.2, 0.25) is 0 Å². The average molecular weight is 169 g/mol. The summed E-state index contributed by atoms with van der Waals surface area (Å²) in [6, 6.07) is 0. The van der Waals surface area contributed by atoms with Crippen molar-refractivity contribution >= 4 is 0 Å². The van der Waals surface area contributed by atoms with Gasteiger partial charge >= 0.3 is 0 Å². The SMILES string of the molecule is CCC1(C2CC2)CCC(CN)O1. The fraction of sp³-hybridized carbons (Fsp3) is 1.00. The molecule has 2 N–H and O–H groups in total. The third-order valence-corrected chi connectivity index (χ3v) is 3.47. The molecule has 2 atom stereocenters. The lowest BCUT2D eigenvalue weighted by atomic mass is 9.91. The van der Waals surface area contributed by atoms with Crippen LogP contribution in [-0.2, 0) is 4.74 Å². The summed E-state index contributed by atoms with van der Waals surface area (Å²) >= 11 is 0. The summed E-state index contributed by atoms with van der Waals surface area (Å²) in [6.07, 6.45) is 6.71. The molecule has 0 spiro atoms.